The van der Waals surface area contributed by atoms with Crippen LogP contribution in [0.15, 0.2) is 125 Å². The maximum Gasteiger partial charge on any atom is 0.301 e. The van der Waals surface area contributed by atoms with Crippen LogP contribution in [0.1, 0.15) is 39.4 Å². The van der Waals surface area contributed by atoms with E-state index in [2.05, 4.69) is 10.2 Å². The van der Waals surface area contributed by atoms with Crippen molar-refractivity contribution in [2.24, 2.45) is 0 Å². The molecule has 13 heteroatoms. The van der Waals surface area contributed by atoms with Gasteiger partial charge in [0.1, 0.15) is 24.7 Å². The highest BCUT2D eigenvalue weighted by molar-refractivity contribution is 8.00. The predicted octanol–water partition coefficient (Wildman–Crippen LogP) is 10.2. The minimum absolute atomic E-state index is 0.115. The minimum Gasteiger partial charge on any atom is -0.507 e. The van der Waals surface area contributed by atoms with E-state index in [0.717, 1.165) is 33.6 Å². The number of aromatic nitrogens is 2. The van der Waals surface area contributed by atoms with Crippen molar-refractivity contribution in [3.63, 3.8) is 0 Å². The van der Waals surface area contributed by atoms with Crippen molar-refractivity contribution >= 4 is 68.9 Å². The van der Waals surface area contributed by atoms with E-state index in [4.69, 9.17) is 37.4 Å². The molecule has 1 saturated heterocycles. The molecule has 1 fully saturated rings. The van der Waals surface area contributed by atoms with E-state index in [9.17, 15) is 14.7 Å². The van der Waals surface area contributed by atoms with E-state index in [1.54, 1.807) is 54.6 Å². The number of hydrogen-bond acceptors (Lipinski definition) is 10. The van der Waals surface area contributed by atoms with Crippen LogP contribution in [0.2, 0.25) is 10.0 Å². The Balaban J connectivity index is 1.22. The number of thioether (sulfide) groups is 1. The molecule has 6 aromatic rings. The van der Waals surface area contributed by atoms with Crippen LogP contribution in [0.4, 0.5) is 5.13 Å². The number of anilines is 1. The lowest BCUT2D eigenvalue weighted by Crippen LogP contribution is -2.29. The number of aryl methyl sites for hydroxylation is 1. The van der Waals surface area contributed by atoms with Crippen LogP contribution in [0.25, 0.3) is 5.76 Å². The number of Topliss-reactive ketones (excluding diaryl/α,β-unsaturated/α-hetero) is 1. The number of methoxy groups -OCH3 is 1. The summed E-state index contributed by atoms with van der Waals surface area (Å²) in [6.07, 6.45) is 0. The van der Waals surface area contributed by atoms with E-state index in [1.165, 1.54) is 23.8 Å². The third kappa shape index (κ3) is 8.50. The number of carbonyl (C=O) groups excluding carboxylic acids is 2. The van der Waals surface area contributed by atoms with Crippen molar-refractivity contribution in [1.82, 2.24) is 10.2 Å². The van der Waals surface area contributed by atoms with Crippen molar-refractivity contribution in [2.75, 3.05) is 12.0 Å². The quantitative estimate of drug-likeness (QED) is 0.0401. The van der Waals surface area contributed by atoms with Gasteiger partial charge in [0.2, 0.25) is 5.13 Å². The number of carbonyl (C=O) groups is 2. The van der Waals surface area contributed by atoms with Crippen molar-refractivity contribution < 1.29 is 28.9 Å². The van der Waals surface area contributed by atoms with E-state index < -0.39 is 17.7 Å². The molecule has 7 rings (SSSR count). The second-order valence-electron chi connectivity index (χ2n) is 12.5. The van der Waals surface area contributed by atoms with Crippen LogP contribution in [-0.4, -0.2) is 34.1 Å². The van der Waals surface area contributed by atoms with Crippen LogP contribution < -0.4 is 19.1 Å². The third-order valence-electron chi connectivity index (χ3n) is 8.94. The summed E-state index contributed by atoms with van der Waals surface area (Å²) in [6, 6.07) is 33.7. The van der Waals surface area contributed by atoms with Gasteiger partial charge in [0, 0.05) is 21.4 Å². The zero-order valence-electron chi connectivity index (χ0n) is 29.6. The SMILES string of the molecule is COc1cc(C2C(=C(O)c3ccc(OCc4ccccc4C)cc3)C(=O)C(=O)N2c2nnc(SCc3ccc(Cl)cc3Cl)s2)ccc1OCc1ccccc1. The van der Waals surface area contributed by atoms with Gasteiger partial charge in [-0.05, 0) is 83.3 Å². The molecule has 0 saturated carbocycles. The van der Waals surface area contributed by atoms with Gasteiger partial charge in [0.25, 0.3) is 5.78 Å². The number of aliphatic hydroxyl groups is 1. The standard InChI is InChI=1S/C42H33Cl2N3O6S2/c1-25-8-6-7-11-29(25)23-52-32-17-13-27(14-18-32)38(48)36-37(28-15-19-34(35(20-28)51-2)53-22-26-9-4-3-5-10-26)47(40(50)39(36)49)41-45-46-42(55-41)54-24-30-12-16-31(43)21-33(30)44/h3-21,37,48H,22-24H2,1-2H3. The summed E-state index contributed by atoms with van der Waals surface area (Å²) in [7, 11) is 1.51. The topological polar surface area (TPSA) is 111 Å². The smallest absolute Gasteiger partial charge is 0.301 e. The molecule has 0 spiro atoms. The average Bonchev–Trinajstić information content (AvgIpc) is 3.77. The highest BCUT2D eigenvalue weighted by atomic mass is 35.5. The summed E-state index contributed by atoms with van der Waals surface area (Å²) in [5.41, 5.74) is 4.68. The summed E-state index contributed by atoms with van der Waals surface area (Å²) in [4.78, 5) is 29.2. The molecule has 0 radical (unpaired) electrons. The van der Waals surface area contributed by atoms with Crippen LogP contribution in [-0.2, 0) is 28.6 Å². The first kappa shape index (κ1) is 38.0. The molecule has 0 aliphatic carbocycles. The summed E-state index contributed by atoms with van der Waals surface area (Å²) in [5, 5.41) is 21.7. The van der Waals surface area contributed by atoms with Gasteiger partial charge >= 0.3 is 5.91 Å². The molecule has 1 aromatic heterocycles. The molecule has 9 nitrogen and oxygen atoms in total. The summed E-state index contributed by atoms with van der Waals surface area (Å²) in [6.45, 7) is 2.68. The third-order valence-corrected chi connectivity index (χ3v) is 11.6. The van der Waals surface area contributed by atoms with Crippen molar-refractivity contribution in [2.45, 2.75) is 36.3 Å². The van der Waals surface area contributed by atoms with Crippen molar-refractivity contribution in [1.29, 1.82) is 0 Å². The molecule has 5 aromatic carbocycles. The van der Waals surface area contributed by atoms with Gasteiger partial charge in [-0.3, -0.25) is 14.5 Å². The maximum absolute atomic E-state index is 13.9. The Kier molecular flexibility index (Phi) is 11.7. The lowest BCUT2D eigenvalue weighted by Gasteiger charge is -2.23. The molecule has 278 valence electrons. The van der Waals surface area contributed by atoms with Gasteiger partial charge in [-0.2, -0.15) is 0 Å². The van der Waals surface area contributed by atoms with Gasteiger partial charge in [-0.15, -0.1) is 10.2 Å². The molecule has 1 atom stereocenters. The highest BCUT2D eigenvalue weighted by Gasteiger charge is 2.48. The Bertz CT molecular complexity index is 2390. The second-order valence-corrected chi connectivity index (χ2v) is 15.5. The van der Waals surface area contributed by atoms with Crippen LogP contribution >= 0.6 is 46.3 Å². The lowest BCUT2D eigenvalue weighted by atomic mass is 9.95. The molecular weight excluding hydrogens is 778 g/mol. The Hall–Kier alpha value is -5.33. The summed E-state index contributed by atoms with van der Waals surface area (Å²) in [5.74, 6) is -0.197. The molecule has 55 heavy (non-hydrogen) atoms. The largest absolute Gasteiger partial charge is 0.507 e. The minimum atomic E-state index is -1.08. The van der Waals surface area contributed by atoms with Gasteiger partial charge in [-0.25, -0.2) is 0 Å². The van der Waals surface area contributed by atoms with E-state index in [-0.39, 0.29) is 16.5 Å². The fraction of sp³-hybridized carbons (Fsp3) is 0.143. The number of benzene rings is 5. The van der Waals surface area contributed by atoms with E-state index >= 15 is 0 Å². The Morgan fingerprint density at radius 1 is 0.836 bits per heavy atom. The van der Waals surface area contributed by atoms with E-state index in [0.29, 0.717) is 61.7 Å². The monoisotopic (exact) mass is 809 g/mol. The van der Waals surface area contributed by atoms with Gasteiger partial charge in [-0.1, -0.05) is 113 Å². The molecule has 1 unspecified atom stereocenters. The number of ketones is 1. The maximum atomic E-state index is 13.9. The van der Waals surface area contributed by atoms with Crippen LogP contribution in [0.3, 0.4) is 0 Å². The predicted molar refractivity (Wildman–Crippen MR) is 216 cm³/mol. The number of nitrogens with zero attached hydrogens (tertiary/aromatic N) is 3. The van der Waals surface area contributed by atoms with Gasteiger partial charge < -0.3 is 19.3 Å². The Morgan fingerprint density at radius 2 is 1.60 bits per heavy atom. The van der Waals surface area contributed by atoms with Gasteiger partial charge in [0.15, 0.2) is 15.8 Å². The molecule has 0 bridgehead atoms. The number of amides is 1. The number of ether oxygens (including phenoxy) is 3. The number of rotatable bonds is 13. The van der Waals surface area contributed by atoms with Crippen molar-refractivity contribution in [3.05, 3.63) is 164 Å². The normalized spacial score (nSPS) is 15.0. The second kappa shape index (κ2) is 17.0. The lowest BCUT2D eigenvalue weighted by molar-refractivity contribution is -0.132. The number of aliphatic hydroxyl groups excluding tert-OH is 1. The first-order valence-corrected chi connectivity index (χ1v) is 19.6. The zero-order valence-corrected chi connectivity index (χ0v) is 32.7. The molecular formula is C42H33Cl2N3O6S2. The summed E-state index contributed by atoms with van der Waals surface area (Å²) >= 11 is 15.0. The van der Waals surface area contributed by atoms with Crippen LogP contribution in [0, 0.1) is 6.92 Å². The molecule has 1 amide bonds. The summed E-state index contributed by atoms with van der Waals surface area (Å²) < 4.78 is 18.4. The molecule has 1 N–H and O–H groups in total. The highest BCUT2D eigenvalue weighted by Crippen LogP contribution is 2.46. The fourth-order valence-electron chi connectivity index (χ4n) is 5.99. The molecule has 1 aliphatic rings. The Morgan fingerprint density at radius 3 is 2.35 bits per heavy atom. The Labute approximate surface area is 336 Å². The number of hydrogen-bond donors (Lipinski definition) is 1. The number of halogens is 2. The van der Waals surface area contributed by atoms with Crippen LogP contribution in [0.5, 0.6) is 17.2 Å². The first-order valence-electron chi connectivity index (χ1n) is 17.0. The first-order chi connectivity index (χ1) is 26.7. The molecule has 2 heterocycles. The van der Waals surface area contributed by atoms with E-state index in [1.807, 2.05) is 67.6 Å². The molecule has 1 aliphatic heterocycles. The van der Waals surface area contributed by atoms with Crippen molar-refractivity contribution in [3.8, 4) is 17.2 Å². The van der Waals surface area contributed by atoms with Gasteiger partial charge in [0.05, 0.1) is 18.7 Å². The fourth-order valence-corrected chi connectivity index (χ4v) is 8.41. The zero-order chi connectivity index (χ0) is 38.5. The average molecular weight is 811 g/mol.